The van der Waals surface area contributed by atoms with Gasteiger partial charge in [-0.1, -0.05) is 31.8 Å². The minimum atomic E-state index is -1.23. The number of fused-ring (bicyclic) bond motifs is 1. The second kappa shape index (κ2) is 11.3. The van der Waals surface area contributed by atoms with E-state index in [-0.39, 0.29) is 11.7 Å². The second-order valence-electron chi connectivity index (χ2n) is 10.3. The highest BCUT2D eigenvalue weighted by Gasteiger charge is 2.16. The quantitative estimate of drug-likeness (QED) is 0.273. The Morgan fingerprint density at radius 2 is 1.80 bits per heavy atom. The van der Waals surface area contributed by atoms with Crippen molar-refractivity contribution in [3.8, 4) is 17.0 Å². The standard InChI is InChI=1S/C28H35NO5Si/c1-35(2,3)17-12-23-19-22-18-21(28(30)31)6-9-26(22)27(29-23)20-4-7-24(8-5-20)33-15-16-34-25-10-13-32-14-11-25/h4-9,18-19,25H,10-17H2,1-3H3,(H,30,31). The van der Waals surface area contributed by atoms with Gasteiger partial charge in [0.1, 0.15) is 12.4 Å². The summed E-state index contributed by atoms with van der Waals surface area (Å²) < 4.78 is 17.1. The van der Waals surface area contributed by atoms with Crippen LogP contribution in [0.5, 0.6) is 5.75 Å². The molecule has 0 amide bonds. The van der Waals surface area contributed by atoms with Gasteiger partial charge in [0.05, 0.1) is 24.0 Å². The van der Waals surface area contributed by atoms with Crippen molar-refractivity contribution >= 4 is 24.8 Å². The van der Waals surface area contributed by atoms with E-state index in [9.17, 15) is 9.90 Å². The third kappa shape index (κ3) is 7.13. The summed E-state index contributed by atoms with van der Waals surface area (Å²) in [6.45, 7) is 9.66. The van der Waals surface area contributed by atoms with Crippen molar-refractivity contribution in [1.29, 1.82) is 0 Å². The van der Waals surface area contributed by atoms with Crippen LogP contribution in [0.25, 0.3) is 22.0 Å². The zero-order valence-corrected chi connectivity index (χ0v) is 21.9. The van der Waals surface area contributed by atoms with E-state index in [0.29, 0.717) is 13.2 Å². The summed E-state index contributed by atoms with van der Waals surface area (Å²) in [7, 11) is -1.23. The minimum Gasteiger partial charge on any atom is -0.491 e. The lowest BCUT2D eigenvalue weighted by atomic mass is 10.0. The van der Waals surface area contributed by atoms with E-state index >= 15 is 0 Å². The third-order valence-electron chi connectivity index (χ3n) is 6.26. The monoisotopic (exact) mass is 493 g/mol. The smallest absolute Gasteiger partial charge is 0.335 e. The molecule has 1 aromatic heterocycles. The number of carbonyl (C=O) groups is 1. The molecule has 0 radical (unpaired) electrons. The predicted molar refractivity (Wildman–Crippen MR) is 141 cm³/mol. The Bertz CT molecular complexity index is 1150. The number of ether oxygens (including phenoxy) is 3. The lowest BCUT2D eigenvalue weighted by Gasteiger charge is -2.22. The number of pyridine rings is 1. The molecule has 0 saturated carbocycles. The molecule has 1 aliphatic rings. The van der Waals surface area contributed by atoms with Crippen LogP contribution in [0.1, 0.15) is 28.9 Å². The molecular weight excluding hydrogens is 458 g/mol. The average Bonchev–Trinajstić information content (AvgIpc) is 2.85. The van der Waals surface area contributed by atoms with Gasteiger partial charge in [-0.25, -0.2) is 4.79 Å². The van der Waals surface area contributed by atoms with Crippen molar-refractivity contribution in [2.45, 2.75) is 51.1 Å². The SMILES string of the molecule is C[Si](C)(C)CCc1cc2cc(C(=O)O)ccc2c(-c2ccc(OCCOC3CCOCC3)cc2)n1. The van der Waals surface area contributed by atoms with Gasteiger partial charge < -0.3 is 19.3 Å². The molecule has 0 unspecified atom stereocenters. The molecule has 0 aliphatic carbocycles. The van der Waals surface area contributed by atoms with E-state index in [2.05, 4.69) is 19.6 Å². The number of aromatic nitrogens is 1. The fourth-order valence-corrected chi connectivity index (χ4v) is 5.23. The van der Waals surface area contributed by atoms with Crippen molar-refractivity contribution in [3.63, 3.8) is 0 Å². The molecule has 2 heterocycles. The van der Waals surface area contributed by atoms with Gasteiger partial charge >= 0.3 is 5.97 Å². The van der Waals surface area contributed by atoms with Crippen molar-refractivity contribution in [3.05, 3.63) is 59.8 Å². The van der Waals surface area contributed by atoms with Crippen molar-refractivity contribution < 1.29 is 24.1 Å². The summed E-state index contributed by atoms with van der Waals surface area (Å²) in [5.74, 6) is -0.132. The van der Waals surface area contributed by atoms with Crippen molar-refractivity contribution in [2.24, 2.45) is 0 Å². The van der Waals surface area contributed by atoms with Crippen molar-refractivity contribution in [1.82, 2.24) is 4.98 Å². The summed E-state index contributed by atoms with van der Waals surface area (Å²) in [6.07, 6.45) is 3.05. The van der Waals surface area contributed by atoms with Gasteiger partial charge in [-0.3, -0.25) is 4.98 Å². The number of hydrogen-bond acceptors (Lipinski definition) is 5. The Kier molecular flexibility index (Phi) is 8.21. The van der Waals surface area contributed by atoms with Crippen LogP contribution in [0.2, 0.25) is 25.7 Å². The van der Waals surface area contributed by atoms with Gasteiger partial charge in [0.2, 0.25) is 0 Å². The lowest BCUT2D eigenvalue weighted by molar-refractivity contribution is -0.0388. The first kappa shape index (κ1) is 25.4. The molecule has 1 aliphatic heterocycles. The number of benzene rings is 2. The van der Waals surface area contributed by atoms with Crippen LogP contribution in [0.3, 0.4) is 0 Å². The molecule has 7 heteroatoms. The van der Waals surface area contributed by atoms with E-state index in [0.717, 1.165) is 72.0 Å². The highest BCUT2D eigenvalue weighted by molar-refractivity contribution is 6.76. The largest absolute Gasteiger partial charge is 0.491 e. The molecule has 3 aromatic rings. The predicted octanol–water partition coefficient (Wildman–Crippen LogP) is 6.06. The van der Waals surface area contributed by atoms with E-state index in [1.54, 1.807) is 12.1 Å². The summed E-state index contributed by atoms with van der Waals surface area (Å²) in [4.78, 5) is 16.5. The number of rotatable bonds is 10. The van der Waals surface area contributed by atoms with Gasteiger partial charge in [-0.15, -0.1) is 0 Å². The highest BCUT2D eigenvalue weighted by atomic mass is 28.3. The van der Waals surface area contributed by atoms with Crippen molar-refractivity contribution in [2.75, 3.05) is 26.4 Å². The third-order valence-corrected chi connectivity index (χ3v) is 8.01. The molecule has 186 valence electrons. The topological polar surface area (TPSA) is 77.9 Å². The van der Waals surface area contributed by atoms with E-state index in [1.165, 1.54) is 0 Å². The Labute approximate surface area is 208 Å². The van der Waals surface area contributed by atoms with E-state index in [1.807, 2.05) is 36.4 Å². The summed E-state index contributed by atoms with van der Waals surface area (Å²) in [5, 5.41) is 11.3. The zero-order chi connectivity index (χ0) is 24.8. The van der Waals surface area contributed by atoms with Crippen LogP contribution in [0.4, 0.5) is 0 Å². The van der Waals surface area contributed by atoms with Crippen LogP contribution in [0.15, 0.2) is 48.5 Å². The Balaban J connectivity index is 1.51. The maximum absolute atomic E-state index is 11.5. The van der Waals surface area contributed by atoms with Gasteiger partial charge in [0.25, 0.3) is 0 Å². The van der Waals surface area contributed by atoms with Crippen LogP contribution < -0.4 is 4.74 Å². The number of aromatic carboxylic acids is 1. The molecule has 1 saturated heterocycles. The molecule has 35 heavy (non-hydrogen) atoms. The van der Waals surface area contributed by atoms with E-state index < -0.39 is 14.0 Å². The Morgan fingerprint density at radius 3 is 2.49 bits per heavy atom. The molecule has 0 bridgehead atoms. The number of hydrogen-bond donors (Lipinski definition) is 1. The second-order valence-corrected chi connectivity index (χ2v) is 15.9. The van der Waals surface area contributed by atoms with Crippen LogP contribution >= 0.6 is 0 Å². The lowest BCUT2D eigenvalue weighted by Crippen LogP contribution is -2.25. The van der Waals surface area contributed by atoms with Gasteiger partial charge in [-0.2, -0.15) is 0 Å². The summed E-state index contributed by atoms with van der Waals surface area (Å²) in [6, 6.07) is 16.4. The van der Waals surface area contributed by atoms with Gasteiger partial charge in [0.15, 0.2) is 0 Å². The fraction of sp³-hybridized carbons (Fsp3) is 0.429. The Morgan fingerprint density at radius 1 is 1.06 bits per heavy atom. The molecule has 4 rings (SSSR count). The molecular formula is C28H35NO5Si. The molecule has 1 N–H and O–H groups in total. The van der Waals surface area contributed by atoms with Gasteiger partial charge in [-0.05, 0) is 67.1 Å². The zero-order valence-electron chi connectivity index (χ0n) is 20.9. The first-order valence-electron chi connectivity index (χ1n) is 12.4. The molecule has 0 spiro atoms. The summed E-state index contributed by atoms with van der Waals surface area (Å²) in [5.41, 5.74) is 3.15. The maximum atomic E-state index is 11.5. The molecule has 6 nitrogen and oxygen atoms in total. The van der Waals surface area contributed by atoms with Crippen LogP contribution in [-0.2, 0) is 15.9 Å². The van der Waals surface area contributed by atoms with Gasteiger partial charge in [0, 0.05) is 37.9 Å². The van der Waals surface area contributed by atoms with Crippen LogP contribution in [-0.4, -0.2) is 56.7 Å². The maximum Gasteiger partial charge on any atom is 0.335 e. The average molecular weight is 494 g/mol. The fourth-order valence-electron chi connectivity index (χ4n) is 4.22. The number of aryl methyl sites for hydroxylation is 1. The summed E-state index contributed by atoms with van der Waals surface area (Å²) >= 11 is 0. The number of carboxylic acid groups (broad SMARTS) is 1. The normalized spacial score (nSPS) is 14.8. The minimum absolute atomic E-state index is 0.268. The molecule has 1 fully saturated rings. The number of carboxylic acids is 1. The molecule has 2 aromatic carbocycles. The highest BCUT2D eigenvalue weighted by Crippen LogP contribution is 2.30. The van der Waals surface area contributed by atoms with E-state index in [4.69, 9.17) is 19.2 Å². The van der Waals surface area contributed by atoms with Crippen LogP contribution in [0, 0.1) is 0 Å². The number of nitrogens with zero attached hydrogens (tertiary/aromatic N) is 1. The Hall–Kier alpha value is -2.74. The first-order chi connectivity index (χ1) is 16.8. The molecule has 0 atom stereocenters. The first-order valence-corrected chi connectivity index (χ1v) is 16.1.